The number of hydrogen-bond donors (Lipinski definition) is 3. The molecule has 1 saturated carbocycles. The number of carbonyl (C=O) groups is 2. The SMILES string of the molecule is CCCC(O)(CCC)C(c1ccccc1)N(C(=O)C1(C(N)=O)CCC1)C(c1ccccc1)C(O)(CCC)CCC. The van der Waals surface area contributed by atoms with Crippen molar-refractivity contribution in [3.63, 3.8) is 0 Å². The lowest BCUT2D eigenvalue weighted by Crippen LogP contribution is -2.62. The molecule has 2 aromatic rings. The zero-order valence-electron chi connectivity index (χ0n) is 24.9. The molecule has 1 fully saturated rings. The number of aliphatic hydroxyl groups is 2. The molecule has 2 amide bonds. The van der Waals surface area contributed by atoms with Crippen LogP contribution in [0, 0.1) is 5.41 Å². The molecule has 2 atom stereocenters. The van der Waals surface area contributed by atoms with Crippen LogP contribution in [0.5, 0.6) is 0 Å². The van der Waals surface area contributed by atoms with E-state index in [-0.39, 0.29) is 5.91 Å². The Morgan fingerprint density at radius 2 is 1.10 bits per heavy atom. The van der Waals surface area contributed by atoms with E-state index in [1.54, 1.807) is 4.90 Å². The predicted molar refractivity (Wildman–Crippen MR) is 160 cm³/mol. The van der Waals surface area contributed by atoms with Crippen LogP contribution in [-0.4, -0.2) is 38.1 Å². The number of hydrogen-bond acceptors (Lipinski definition) is 4. The fraction of sp³-hybridized carbons (Fsp3) is 0.588. The Kier molecular flexibility index (Phi) is 11.0. The highest BCUT2D eigenvalue weighted by atomic mass is 16.3. The normalized spacial score (nSPS) is 16.6. The average molecular weight is 551 g/mol. The molecule has 220 valence electrons. The van der Waals surface area contributed by atoms with Gasteiger partial charge in [0.1, 0.15) is 5.41 Å². The molecule has 1 aliphatic rings. The first-order valence-electron chi connectivity index (χ1n) is 15.3. The van der Waals surface area contributed by atoms with Crippen molar-refractivity contribution in [1.29, 1.82) is 0 Å². The maximum Gasteiger partial charge on any atom is 0.239 e. The number of nitrogens with zero attached hydrogens (tertiary/aromatic N) is 1. The highest BCUT2D eigenvalue weighted by molar-refractivity contribution is 6.05. The molecule has 3 rings (SSSR count). The van der Waals surface area contributed by atoms with Crippen molar-refractivity contribution in [3.8, 4) is 0 Å². The molecule has 0 heterocycles. The Hall–Kier alpha value is -2.70. The van der Waals surface area contributed by atoms with E-state index in [9.17, 15) is 15.0 Å². The molecule has 0 aliphatic heterocycles. The van der Waals surface area contributed by atoms with E-state index in [0.29, 0.717) is 64.2 Å². The van der Waals surface area contributed by atoms with Gasteiger partial charge in [0.2, 0.25) is 11.8 Å². The smallest absolute Gasteiger partial charge is 0.239 e. The molecule has 1 aliphatic carbocycles. The fourth-order valence-corrected chi connectivity index (χ4v) is 6.99. The van der Waals surface area contributed by atoms with Crippen LogP contribution in [0.3, 0.4) is 0 Å². The standard InChI is InChI=1S/C34H50N2O4/c1-5-20-33(39,21-6-2)28(26-16-11-9-12-17-26)36(31(38)32(30(35)37)24-15-25-32)29(27-18-13-10-14-19-27)34(40,22-7-3)23-8-4/h9-14,16-19,28-29,39-40H,5-8,15,20-25H2,1-4H3,(H2,35,37). The van der Waals surface area contributed by atoms with Gasteiger partial charge in [-0.05, 0) is 49.7 Å². The van der Waals surface area contributed by atoms with Gasteiger partial charge in [0, 0.05) is 0 Å². The molecule has 0 bridgehead atoms. The second kappa shape index (κ2) is 13.8. The van der Waals surface area contributed by atoms with Crippen molar-refractivity contribution >= 4 is 11.8 Å². The predicted octanol–water partition coefficient (Wildman–Crippen LogP) is 6.62. The molecule has 4 N–H and O–H groups in total. The van der Waals surface area contributed by atoms with E-state index in [1.807, 2.05) is 88.4 Å². The summed E-state index contributed by atoms with van der Waals surface area (Å²) in [6, 6.07) is 17.7. The van der Waals surface area contributed by atoms with Crippen molar-refractivity contribution in [3.05, 3.63) is 71.8 Å². The van der Waals surface area contributed by atoms with Crippen molar-refractivity contribution in [1.82, 2.24) is 4.90 Å². The Balaban J connectivity index is 2.44. The zero-order valence-corrected chi connectivity index (χ0v) is 24.9. The van der Waals surface area contributed by atoms with E-state index >= 15 is 4.79 Å². The van der Waals surface area contributed by atoms with Gasteiger partial charge in [0.25, 0.3) is 0 Å². The minimum atomic E-state index is -1.35. The number of benzene rings is 2. The Labute approximate surface area is 241 Å². The summed E-state index contributed by atoms with van der Waals surface area (Å²) in [6.45, 7) is 8.13. The summed E-state index contributed by atoms with van der Waals surface area (Å²) in [5.41, 5.74) is 3.65. The second-order valence-electron chi connectivity index (χ2n) is 11.8. The molecule has 2 aromatic carbocycles. The van der Waals surface area contributed by atoms with E-state index in [4.69, 9.17) is 5.73 Å². The molecule has 6 nitrogen and oxygen atoms in total. The molecule has 0 spiro atoms. The number of rotatable bonds is 16. The minimum absolute atomic E-state index is 0.376. The van der Waals surface area contributed by atoms with Crippen molar-refractivity contribution in [2.45, 2.75) is 122 Å². The van der Waals surface area contributed by atoms with Gasteiger partial charge in [0.05, 0.1) is 23.3 Å². The second-order valence-corrected chi connectivity index (χ2v) is 11.8. The largest absolute Gasteiger partial charge is 0.387 e. The van der Waals surface area contributed by atoms with Gasteiger partial charge in [-0.25, -0.2) is 0 Å². The summed E-state index contributed by atoms with van der Waals surface area (Å²) in [6.07, 6.45) is 6.22. The topological polar surface area (TPSA) is 104 Å². The minimum Gasteiger partial charge on any atom is -0.387 e. The monoisotopic (exact) mass is 550 g/mol. The van der Waals surface area contributed by atoms with Crippen LogP contribution >= 0.6 is 0 Å². The summed E-state index contributed by atoms with van der Waals surface area (Å²) >= 11 is 0. The van der Waals surface area contributed by atoms with Crippen molar-refractivity contribution < 1.29 is 19.8 Å². The molecular formula is C34H50N2O4. The lowest BCUT2D eigenvalue weighted by atomic mass is 9.65. The van der Waals surface area contributed by atoms with Gasteiger partial charge < -0.3 is 20.8 Å². The first kappa shape index (κ1) is 31.8. The van der Waals surface area contributed by atoms with E-state index in [2.05, 4.69) is 0 Å². The Morgan fingerprint density at radius 1 is 0.750 bits per heavy atom. The van der Waals surface area contributed by atoms with E-state index < -0.39 is 34.6 Å². The molecule has 0 saturated heterocycles. The Bertz CT molecular complexity index is 1010. The molecule has 40 heavy (non-hydrogen) atoms. The van der Waals surface area contributed by atoms with Gasteiger partial charge in [0.15, 0.2) is 0 Å². The van der Waals surface area contributed by atoms with Gasteiger partial charge >= 0.3 is 0 Å². The molecule has 0 aromatic heterocycles. The summed E-state index contributed by atoms with van der Waals surface area (Å²) in [5.74, 6) is -1.01. The lowest BCUT2D eigenvalue weighted by Gasteiger charge is -2.54. The van der Waals surface area contributed by atoms with Crippen LogP contribution in [0.4, 0.5) is 0 Å². The lowest BCUT2D eigenvalue weighted by molar-refractivity contribution is -0.180. The van der Waals surface area contributed by atoms with Gasteiger partial charge in [-0.3, -0.25) is 9.59 Å². The van der Waals surface area contributed by atoms with Crippen LogP contribution in [0.15, 0.2) is 60.7 Å². The summed E-state index contributed by atoms with van der Waals surface area (Å²) < 4.78 is 0. The quantitative estimate of drug-likeness (QED) is 0.204. The van der Waals surface area contributed by atoms with E-state index in [0.717, 1.165) is 17.5 Å². The van der Waals surface area contributed by atoms with Crippen LogP contribution in [-0.2, 0) is 9.59 Å². The van der Waals surface area contributed by atoms with Crippen molar-refractivity contribution in [2.75, 3.05) is 0 Å². The summed E-state index contributed by atoms with van der Waals surface area (Å²) in [7, 11) is 0. The third-order valence-electron chi connectivity index (χ3n) is 8.86. The fourth-order valence-electron chi connectivity index (χ4n) is 6.99. The average Bonchev–Trinajstić information content (AvgIpc) is 2.89. The van der Waals surface area contributed by atoms with Crippen LogP contribution in [0.25, 0.3) is 0 Å². The highest BCUT2D eigenvalue weighted by Crippen LogP contribution is 2.52. The van der Waals surface area contributed by atoms with Crippen LogP contribution < -0.4 is 5.73 Å². The molecular weight excluding hydrogens is 500 g/mol. The Morgan fingerprint density at radius 3 is 1.35 bits per heavy atom. The summed E-state index contributed by atoms with van der Waals surface area (Å²) in [4.78, 5) is 29.8. The summed E-state index contributed by atoms with van der Waals surface area (Å²) in [5, 5.41) is 25.1. The maximum atomic E-state index is 15.0. The molecule has 6 heteroatoms. The molecule has 2 unspecified atom stereocenters. The number of amides is 2. The van der Waals surface area contributed by atoms with Gasteiger partial charge in [-0.1, -0.05) is 120 Å². The maximum absolute atomic E-state index is 15.0. The third-order valence-corrected chi connectivity index (χ3v) is 8.86. The first-order valence-corrected chi connectivity index (χ1v) is 15.3. The van der Waals surface area contributed by atoms with Gasteiger partial charge in [-0.15, -0.1) is 0 Å². The van der Waals surface area contributed by atoms with Crippen molar-refractivity contribution in [2.24, 2.45) is 11.1 Å². The van der Waals surface area contributed by atoms with E-state index in [1.165, 1.54) is 0 Å². The highest BCUT2D eigenvalue weighted by Gasteiger charge is 2.58. The van der Waals surface area contributed by atoms with Crippen LogP contribution in [0.1, 0.15) is 122 Å². The number of carbonyl (C=O) groups excluding carboxylic acids is 2. The number of primary amides is 1. The third kappa shape index (κ3) is 6.28. The number of nitrogens with two attached hydrogens (primary N) is 1. The molecule has 0 radical (unpaired) electrons. The van der Waals surface area contributed by atoms with Gasteiger partial charge in [-0.2, -0.15) is 0 Å². The van der Waals surface area contributed by atoms with Crippen LogP contribution in [0.2, 0.25) is 0 Å². The first-order chi connectivity index (χ1) is 19.1. The zero-order chi connectivity index (χ0) is 29.4.